The minimum atomic E-state index is -0.0641. The predicted octanol–water partition coefficient (Wildman–Crippen LogP) is 5.78. The molecule has 0 bridgehead atoms. The molecule has 128 valence electrons. The minimum Gasteiger partial charge on any atom is -0.378 e. The van der Waals surface area contributed by atoms with Gasteiger partial charge in [-0.1, -0.05) is 47.5 Å². The Kier molecular flexibility index (Phi) is 4.22. The molecule has 1 aliphatic heterocycles. The fourth-order valence-corrected chi connectivity index (χ4v) is 4.37. The Balaban J connectivity index is 1.76. The van der Waals surface area contributed by atoms with Crippen molar-refractivity contribution in [3.05, 3.63) is 69.7 Å². The van der Waals surface area contributed by atoms with Gasteiger partial charge in [-0.15, -0.1) is 0 Å². The number of fused-ring (bicyclic) bond motifs is 3. The number of hydrogen-bond acceptors (Lipinski definition) is 2. The molecule has 4 rings (SSSR count). The zero-order valence-corrected chi connectivity index (χ0v) is 15.2. The number of nitrogens with one attached hydrogen (secondary N) is 2. The molecule has 2 N–H and O–H groups in total. The average molecular weight is 373 g/mol. The molecule has 2 aromatic rings. The summed E-state index contributed by atoms with van der Waals surface area (Å²) in [6.45, 7) is 1.52. The third kappa shape index (κ3) is 2.92. The maximum atomic E-state index is 11.3. The molecular weight excluding hydrogens is 355 g/mol. The van der Waals surface area contributed by atoms with Gasteiger partial charge in [-0.05, 0) is 47.7 Å². The third-order valence-electron chi connectivity index (χ3n) is 5.00. The summed E-state index contributed by atoms with van der Waals surface area (Å²) < 4.78 is 0. The first-order valence-electron chi connectivity index (χ1n) is 8.33. The first-order chi connectivity index (χ1) is 12.0. The lowest BCUT2D eigenvalue weighted by molar-refractivity contribution is -0.114. The Labute approximate surface area is 157 Å². The van der Waals surface area contributed by atoms with Crippen molar-refractivity contribution >= 4 is 40.5 Å². The summed E-state index contributed by atoms with van der Waals surface area (Å²) in [6, 6.07) is 11.9. The number of amides is 1. The first kappa shape index (κ1) is 16.5. The van der Waals surface area contributed by atoms with Crippen LogP contribution in [0, 0.1) is 5.92 Å². The van der Waals surface area contributed by atoms with Crippen molar-refractivity contribution < 1.29 is 4.79 Å². The highest BCUT2D eigenvalue weighted by molar-refractivity contribution is 6.42. The van der Waals surface area contributed by atoms with Crippen molar-refractivity contribution in [2.24, 2.45) is 5.92 Å². The SMILES string of the molecule is CC(=O)Nc1ccc2c(c1)[C@@H]1C=CC[C@@H]1[C@H](c1cccc(Cl)c1Cl)N2. The van der Waals surface area contributed by atoms with Crippen molar-refractivity contribution in [2.45, 2.75) is 25.3 Å². The predicted molar refractivity (Wildman–Crippen MR) is 104 cm³/mol. The standard InChI is InChI=1S/C20H18Cl2N2O/c1-11(25)23-12-8-9-18-16(10-12)13-4-2-5-14(13)20(24-18)15-6-3-7-17(21)19(15)22/h2-4,6-10,13-14,20,24H,5H2,1H3,(H,23,25)/t13-,14+,20-/m1/s1. The van der Waals surface area contributed by atoms with Crippen molar-refractivity contribution in [3.63, 3.8) is 0 Å². The van der Waals surface area contributed by atoms with E-state index < -0.39 is 0 Å². The number of hydrogen-bond donors (Lipinski definition) is 2. The highest BCUT2D eigenvalue weighted by atomic mass is 35.5. The summed E-state index contributed by atoms with van der Waals surface area (Å²) in [5.74, 6) is 0.604. The number of halogens is 2. The van der Waals surface area contributed by atoms with E-state index in [2.05, 4.69) is 28.9 Å². The number of carbonyl (C=O) groups is 1. The fraction of sp³-hybridized carbons (Fsp3) is 0.250. The maximum Gasteiger partial charge on any atom is 0.221 e. The van der Waals surface area contributed by atoms with Gasteiger partial charge >= 0.3 is 0 Å². The summed E-state index contributed by atoms with van der Waals surface area (Å²) in [5, 5.41) is 7.70. The van der Waals surface area contributed by atoms with Crippen LogP contribution in [-0.4, -0.2) is 5.91 Å². The second-order valence-corrected chi connectivity index (χ2v) is 7.39. The van der Waals surface area contributed by atoms with Gasteiger partial charge in [-0.2, -0.15) is 0 Å². The average Bonchev–Trinajstić information content (AvgIpc) is 3.06. The molecule has 3 atom stereocenters. The van der Waals surface area contributed by atoms with Gasteiger partial charge in [0, 0.05) is 24.2 Å². The van der Waals surface area contributed by atoms with Crippen molar-refractivity contribution in [1.82, 2.24) is 0 Å². The zero-order valence-electron chi connectivity index (χ0n) is 13.7. The molecule has 2 aromatic carbocycles. The lowest BCUT2D eigenvalue weighted by atomic mass is 9.77. The molecule has 0 spiro atoms. The van der Waals surface area contributed by atoms with Gasteiger partial charge in [-0.3, -0.25) is 4.79 Å². The van der Waals surface area contributed by atoms with Gasteiger partial charge in [0.15, 0.2) is 0 Å². The molecule has 0 radical (unpaired) electrons. The van der Waals surface area contributed by atoms with Gasteiger partial charge in [0.25, 0.3) is 0 Å². The highest BCUT2D eigenvalue weighted by Crippen LogP contribution is 2.51. The number of benzene rings is 2. The van der Waals surface area contributed by atoms with Crippen LogP contribution in [0.1, 0.15) is 36.4 Å². The Bertz CT molecular complexity index is 878. The van der Waals surface area contributed by atoms with Gasteiger partial charge in [0.1, 0.15) is 0 Å². The van der Waals surface area contributed by atoms with Crippen LogP contribution < -0.4 is 10.6 Å². The van der Waals surface area contributed by atoms with Crippen LogP contribution in [0.4, 0.5) is 11.4 Å². The molecule has 1 heterocycles. The Morgan fingerprint density at radius 3 is 2.84 bits per heavy atom. The van der Waals surface area contributed by atoms with E-state index in [1.807, 2.05) is 30.3 Å². The summed E-state index contributed by atoms with van der Waals surface area (Å²) in [5.41, 5.74) is 4.14. The Hall–Kier alpha value is -1.97. The van der Waals surface area contributed by atoms with Crippen LogP contribution in [0.2, 0.25) is 10.0 Å². The van der Waals surface area contributed by atoms with E-state index >= 15 is 0 Å². The van der Waals surface area contributed by atoms with Crippen LogP contribution in [-0.2, 0) is 4.79 Å². The Morgan fingerprint density at radius 2 is 2.04 bits per heavy atom. The van der Waals surface area contributed by atoms with Gasteiger partial charge in [0.2, 0.25) is 5.91 Å². The molecule has 0 unspecified atom stereocenters. The minimum absolute atomic E-state index is 0.0641. The first-order valence-corrected chi connectivity index (χ1v) is 9.09. The molecule has 1 aliphatic carbocycles. The monoisotopic (exact) mass is 372 g/mol. The van der Waals surface area contributed by atoms with Crippen molar-refractivity contribution in [1.29, 1.82) is 0 Å². The molecule has 0 saturated heterocycles. The van der Waals surface area contributed by atoms with Gasteiger partial charge in [0.05, 0.1) is 16.1 Å². The molecule has 5 heteroatoms. The number of allylic oxidation sites excluding steroid dienone is 2. The highest BCUT2D eigenvalue weighted by Gasteiger charge is 2.38. The molecular formula is C20H18Cl2N2O. The van der Waals surface area contributed by atoms with E-state index in [1.54, 1.807) is 0 Å². The van der Waals surface area contributed by atoms with E-state index in [-0.39, 0.29) is 11.9 Å². The fourth-order valence-electron chi connectivity index (χ4n) is 3.94. The lowest BCUT2D eigenvalue weighted by Crippen LogP contribution is -2.29. The van der Waals surface area contributed by atoms with E-state index in [4.69, 9.17) is 23.2 Å². The molecule has 2 aliphatic rings. The second-order valence-electron chi connectivity index (χ2n) is 6.60. The Morgan fingerprint density at radius 1 is 1.20 bits per heavy atom. The largest absolute Gasteiger partial charge is 0.378 e. The van der Waals surface area contributed by atoms with Gasteiger partial charge < -0.3 is 10.6 Å². The van der Waals surface area contributed by atoms with Crippen molar-refractivity contribution in [2.75, 3.05) is 10.6 Å². The molecule has 0 saturated carbocycles. The quantitative estimate of drug-likeness (QED) is 0.656. The summed E-state index contributed by atoms with van der Waals surface area (Å²) >= 11 is 12.7. The van der Waals surface area contributed by atoms with Crippen LogP contribution in [0.15, 0.2) is 48.6 Å². The van der Waals surface area contributed by atoms with Gasteiger partial charge in [-0.25, -0.2) is 0 Å². The normalized spacial score (nSPS) is 23.6. The van der Waals surface area contributed by atoms with Crippen LogP contribution >= 0.6 is 23.2 Å². The van der Waals surface area contributed by atoms with Crippen molar-refractivity contribution in [3.8, 4) is 0 Å². The molecule has 1 amide bonds. The van der Waals surface area contributed by atoms with E-state index in [9.17, 15) is 4.79 Å². The third-order valence-corrected chi connectivity index (χ3v) is 5.83. The van der Waals surface area contributed by atoms with Crippen LogP contribution in [0.25, 0.3) is 0 Å². The van der Waals surface area contributed by atoms with E-state index in [1.165, 1.54) is 12.5 Å². The second kappa shape index (κ2) is 6.40. The van der Waals surface area contributed by atoms with E-state index in [0.29, 0.717) is 21.9 Å². The lowest BCUT2D eigenvalue weighted by Gasteiger charge is -2.38. The molecule has 0 fully saturated rings. The summed E-state index contributed by atoms with van der Waals surface area (Å²) in [6.07, 6.45) is 5.46. The number of carbonyl (C=O) groups excluding carboxylic acids is 1. The maximum absolute atomic E-state index is 11.3. The topological polar surface area (TPSA) is 41.1 Å². The number of anilines is 2. The molecule has 25 heavy (non-hydrogen) atoms. The van der Waals surface area contributed by atoms with Crippen LogP contribution in [0.3, 0.4) is 0 Å². The smallest absolute Gasteiger partial charge is 0.221 e. The zero-order chi connectivity index (χ0) is 17.6. The van der Waals surface area contributed by atoms with Crippen LogP contribution in [0.5, 0.6) is 0 Å². The summed E-state index contributed by atoms with van der Waals surface area (Å²) in [4.78, 5) is 11.3. The molecule has 3 nitrogen and oxygen atoms in total. The summed E-state index contributed by atoms with van der Waals surface area (Å²) in [7, 11) is 0. The number of rotatable bonds is 2. The molecule has 0 aromatic heterocycles. The van der Waals surface area contributed by atoms with E-state index in [0.717, 1.165) is 23.4 Å².